The number of carbonyl (C=O) groups is 2. The second-order valence-electron chi connectivity index (χ2n) is 5.32. The molecule has 1 N–H and O–H groups in total. The number of halogens is 3. The second kappa shape index (κ2) is 8.31. The van der Waals surface area contributed by atoms with Crippen molar-refractivity contribution in [1.29, 1.82) is 5.26 Å². The maximum atomic E-state index is 12.6. The summed E-state index contributed by atoms with van der Waals surface area (Å²) in [6, 6.07) is 9.28. The van der Waals surface area contributed by atoms with E-state index < -0.39 is 29.5 Å². The molecule has 0 saturated heterocycles. The van der Waals surface area contributed by atoms with E-state index >= 15 is 0 Å². The van der Waals surface area contributed by atoms with Gasteiger partial charge in [-0.25, -0.2) is 4.79 Å². The minimum absolute atomic E-state index is 0.0950. The minimum Gasteiger partial charge on any atom is -0.450 e. The zero-order chi connectivity index (χ0) is 20.0. The number of aromatic nitrogens is 1. The molecule has 0 unspecified atom stereocenters. The van der Waals surface area contributed by atoms with Crippen LogP contribution in [0.3, 0.4) is 0 Å². The average molecular weight is 377 g/mol. The van der Waals surface area contributed by atoms with Crippen molar-refractivity contribution >= 4 is 17.6 Å². The van der Waals surface area contributed by atoms with Crippen LogP contribution >= 0.6 is 0 Å². The van der Waals surface area contributed by atoms with E-state index in [1.165, 1.54) is 24.3 Å². The standard InChI is InChI=1S/C18H14F3N3O3/c1-2-27-17(26)24-13-5-3-4-11(8-13)16(25)14(9-22)15-7-6-12(10-23-15)18(19,20)21/h3-8,10,14H,2H2,1H3,(H,24,26)/t14-/m0/s1. The zero-order valence-corrected chi connectivity index (χ0v) is 14.1. The number of hydrogen-bond donors (Lipinski definition) is 1. The van der Waals surface area contributed by atoms with Crippen molar-refractivity contribution in [3.05, 3.63) is 59.4 Å². The average Bonchev–Trinajstić information content (AvgIpc) is 2.62. The molecule has 140 valence electrons. The van der Waals surface area contributed by atoms with Crippen LogP contribution in [0.4, 0.5) is 23.7 Å². The Balaban J connectivity index is 2.24. The third-order valence-corrected chi connectivity index (χ3v) is 3.47. The highest BCUT2D eigenvalue weighted by Gasteiger charge is 2.31. The Labute approximate surface area is 152 Å². The van der Waals surface area contributed by atoms with E-state index in [-0.39, 0.29) is 23.6 Å². The summed E-state index contributed by atoms with van der Waals surface area (Å²) in [6.45, 7) is 1.80. The molecule has 2 aromatic rings. The Morgan fingerprint density at radius 1 is 1.30 bits per heavy atom. The number of hydrogen-bond acceptors (Lipinski definition) is 5. The fraction of sp³-hybridized carbons (Fsp3) is 0.222. The van der Waals surface area contributed by atoms with Gasteiger partial charge in [-0.15, -0.1) is 0 Å². The quantitative estimate of drug-likeness (QED) is 0.790. The lowest BCUT2D eigenvalue weighted by Crippen LogP contribution is -2.16. The lowest BCUT2D eigenvalue weighted by molar-refractivity contribution is -0.137. The molecular formula is C18H14F3N3O3. The lowest BCUT2D eigenvalue weighted by atomic mass is 9.95. The van der Waals surface area contributed by atoms with E-state index in [9.17, 15) is 28.0 Å². The Kier molecular flexibility index (Phi) is 6.13. The molecule has 1 aromatic heterocycles. The summed E-state index contributed by atoms with van der Waals surface area (Å²) in [6.07, 6.45) is -4.69. The number of anilines is 1. The topological polar surface area (TPSA) is 92.1 Å². The first kappa shape index (κ1) is 19.9. The number of ether oxygens (including phenoxy) is 1. The molecule has 2 rings (SSSR count). The predicted molar refractivity (Wildman–Crippen MR) is 89.0 cm³/mol. The summed E-state index contributed by atoms with van der Waals surface area (Å²) in [4.78, 5) is 27.6. The van der Waals surface area contributed by atoms with E-state index in [4.69, 9.17) is 4.74 Å². The molecule has 1 atom stereocenters. The van der Waals surface area contributed by atoms with Gasteiger partial charge in [-0.1, -0.05) is 12.1 Å². The molecule has 6 nitrogen and oxygen atoms in total. The Bertz CT molecular complexity index is 874. The molecule has 1 heterocycles. The molecule has 1 aromatic carbocycles. The van der Waals surface area contributed by atoms with E-state index in [1.54, 1.807) is 13.0 Å². The van der Waals surface area contributed by atoms with Crippen LogP contribution in [-0.2, 0) is 10.9 Å². The summed E-state index contributed by atoms with van der Waals surface area (Å²) in [5.74, 6) is -2.04. The Morgan fingerprint density at radius 2 is 2.04 bits per heavy atom. The van der Waals surface area contributed by atoms with Crippen LogP contribution in [0.25, 0.3) is 0 Å². The molecule has 0 fully saturated rings. The lowest BCUT2D eigenvalue weighted by Gasteiger charge is -2.11. The maximum absolute atomic E-state index is 12.6. The van der Waals surface area contributed by atoms with Crippen LogP contribution in [0.5, 0.6) is 0 Å². The summed E-state index contributed by atoms with van der Waals surface area (Å²) < 4.78 is 42.6. The third kappa shape index (κ3) is 5.04. The van der Waals surface area contributed by atoms with Gasteiger partial charge in [-0.3, -0.25) is 15.1 Å². The van der Waals surface area contributed by atoms with Crippen LogP contribution < -0.4 is 5.32 Å². The number of carbonyl (C=O) groups excluding carboxylic acids is 2. The van der Waals surface area contributed by atoms with Crippen LogP contribution in [0.2, 0.25) is 0 Å². The molecule has 0 spiro atoms. The first-order valence-corrected chi connectivity index (χ1v) is 7.77. The molecule has 0 aliphatic heterocycles. The van der Waals surface area contributed by atoms with Crippen LogP contribution in [-0.4, -0.2) is 23.5 Å². The van der Waals surface area contributed by atoms with Gasteiger partial charge in [0, 0.05) is 17.4 Å². The summed E-state index contributed by atoms with van der Waals surface area (Å²) in [5, 5.41) is 11.7. The number of nitrogens with zero attached hydrogens (tertiary/aromatic N) is 2. The maximum Gasteiger partial charge on any atom is 0.417 e. The number of benzene rings is 1. The molecule has 0 aliphatic carbocycles. The van der Waals surface area contributed by atoms with Crippen molar-refractivity contribution in [2.75, 3.05) is 11.9 Å². The monoisotopic (exact) mass is 377 g/mol. The minimum atomic E-state index is -4.56. The number of rotatable bonds is 5. The Morgan fingerprint density at radius 3 is 2.59 bits per heavy atom. The van der Waals surface area contributed by atoms with E-state index in [2.05, 4.69) is 10.3 Å². The first-order chi connectivity index (χ1) is 12.8. The van der Waals surface area contributed by atoms with Crippen molar-refractivity contribution < 1.29 is 27.5 Å². The predicted octanol–water partition coefficient (Wildman–Crippen LogP) is 4.16. The van der Waals surface area contributed by atoms with Gasteiger partial charge in [0.05, 0.1) is 23.9 Å². The normalized spacial score (nSPS) is 12.0. The number of alkyl halides is 3. The number of pyridine rings is 1. The third-order valence-electron chi connectivity index (χ3n) is 3.47. The molecule has 27 heavy (non-hydrogen) atoms. The van der Waals surface area contributed by atoms with Crippen molar-refractivity contribution in [3.8, 4) is 6.07 Å². The highest BCUT2D eigenvalue weighted by molar-refractivity contribution is 6.03. The molecule has 0 bridgehead atoms. The van der Waals surface area contributed by atoms with Gasteiger partial charge in [0.25, 0.3) is 0 Å². The molecule has 9 heteroatoms. The highest BCUT2D eigenvalue weighted by Crippen LogP contribution is 2.29. The number of nitrogens with one attached hydrogen (secondary N) is 1. The highest BCUT2D eigenvalue weighted by atomic mass is 19.4. The summed E-state index contributed by atoms with van der Waals surface area (Å²) in [5.41, 5.74) is -0.704. The largest absolute Gasteiger partial charge is 0.450 e. The fourth-order valence-corrected chi connectivity index (χ4v) is 2.20. The summed E-state index contributed by atoms with van der Waals surface area (Å²) >= 11 is 0. The SMILES string of the molecule is CCOC(=O)Nc1cccc(C(=O)[C@@H](C#N)c2ccc(C(F)(F)F)cn2)c1. The number of nitriles is 1. The molecule has 1 amide bonds. The second-order valence-corrected chi connectivity index (χ2v) is 5.32. The molecule has 0 aliphatic rings. The molecule has 0 radical (unpaired) electrons. The fourth-order valence-electron chi connectivity index (χ4n) is 2.20. The smallest absolute Gasteiger partial charge is 0.417 e. The van der Waals surface area contributed by atoms with Gasteiger partial charge in [0.15, 0.2) is 11.7 Å². The first-order valence-electron chi connectivity index (χ1n) is 7.77. The van der Waals surface area contributed by atoms with Crippen molar-refractivity contribution in [2.45, 2.75) is 19.0 Å². The van der Waals surface area contributed by atoms with Crippen LogP contribution in [0, 0.1) is 11.3 Å². The van der Waals surface area contributed by atoms with Crippen molar-refractivity contribution in [2.24, 2.45) is 0 Å². The number of amides is 1. The van der Waals surface area contributed by atoms with Gasteiger partial charge in [-0.05, 0) is 31.2 Å². The molecule has 0 saturated carbocycles. The summed E-state index contributed by atoms with van der Waals surface area (Å²) in [7, 11) is 0. The van der Waals surface area contributed by atoms with Gasteiger partial charge in [-0.2, -0.15) is 18.4 Å². The van der Waals surface area contributed by atoms with Gasteiger partial charge >= 0.3 is 12.3 Å². The van der Waals surface area contributed by atoms with E-state index in [0.29, 0.717) is 6.20 Å². The Hall–Kier alpha value is -3.41. The van der Waals surface area contributed by atoms with E-state index in [1.807, 2.05) is 0 Å². The zero-order valence-electron chi connectivity index (χ0n) is 14.1. The van der Waals surface area contributed by atoms with Crippen LogP contribution in [0.15, 0.2) is 42.6 Å². The number of Topliss-reactive ketones (excluding diaryl/α,β-unsaturated/α-hetero) is 1. The van der Waals surface area contributed by atoms with Crippen molar-refractivity contribution in [3.63, 3.8) is 0 Å². The van der Waals surface area contributed by atoms with Gasteiger partial charge in [0.2, 0.25) is 0 Å². The van der Waals surface area contributed by atoms with Gasteiger partial charge < -0.3 is 4.74 Å². The molecular weight excluding hydrogens is 363 g/mol. The van der Waals surface area contributed by atoms with Gasteiger partial charge in [0.1, 0.15) is 0 Å². The van der Waals surface area contributed by atoms with Crippen LogP contribution in [0.1, 0.15) is 34.5 Å². The van der Waals surface area contributed by atoms with Crippen molar-refractivity contribution in [1.82, 2.24) is 4.98 Å². The van der Waals surface area contributed by atoms with E-state index in [0.717, 1.165) is 12.1 Å². The number of ketones is 1.